The Morgan fingerprint density at radius 2 is 2.05 bits per heavy atom. The lowest BCUT2D eigenvalue weighted by Gasteiger charge is -2.09. The maximum absolute atomic E-state index is 12.3. The normalized spacial score (nSPS) is 10.3. The van der Waals surface area contributed by atoms with Crippen molar-refractivity contribution in [3.05, 3.63) is 52.3 Å². The SMILES string of the molecule is CCCCNc1ccnc(C(=O)Nc2cc(Cl)ccc2Cl)c1. The summed E-state index contributed by atoms with van der Waals surface area (Å²) < 4.78 is 0. The topological polar surface area (TPSA) is 54.0 Å². The second kappa shape index (κ2) is 8.01. The van der Waals surface area contributed by atoms with Gasteiger partial charge in [0.1, 0.15) is 5.69 Å². The van der Waals surface area contributed by atoms with Crippen LogP contribution >= 0.6 is 23.2 Å². The van der Waals surface area contributed by atoms with Gasteiger partial charge in [-0.2, -0.15) is 0 Å². The molecule has 4 nitrogen and oxygen atoms in total. The summed E-state index contributed by atoms with van der Waals surface area (Å²) in [4.78, 5) is 16.3. The first kappa shape index (κ1) is 16.6. The standard InChI is InChI=1S/C16H17Cl2N3O/c1-2-3-7-19-12-6-8-20-15(10-12)16(22)21-14-9-11(17)4-5-13(14)18/h4-6,8-10H,2-3,7H2,1H3,(H,19,20)(H,21,22). The molecule has 0 aliphatic rings. The molecule has 0 unspecified atom stereocenters. The van der Waals surface area contributed by atoms with Crippen molar-refractivity contribution in [3.63, 3.8) is 0 Å². The van der Waals surface area contributed by atoms with E-state index in [4.69, 9.17) is 23.2 Å². The molecule has 1 aromatic heterocycles. The number of rotatable bonds is 6. The van der Waals surface area contributed by atoms with Gasteiger partial charge in [0.2, 0.25) is 0 Å². The number of nitrogens with one attached hydrogen (secondary N) is 2. The summed E-state index contributed by atoms with van der Waals surface area (Å²) in [5.74, 6) is -0.330. The molecule has 2 rings (SSSR count). The van der Waals surface area contributed by atoms with Gasteiger partial charge in [0.15, 0.2) is 0 Å². The maximum atomic E-state index is 12.3. The Balaban J connectivity index is 2.09. The number of hydrogen-bond donors (Lipinski definition) is 2. The minimum Gasteiger partial charge on any atom is -0.385 e. The first-order chi connectivity index (χ1) is 10.6. The number of pyridine rings is 1. The van der Waals surface area contributed by atoms with E-state index in [0.29, 0.717) is 21.4 Å². The number of amides is 1. The zero-order chi connectivity index (χ0) is 15.9. The van der Waals surface area contributed by atoms with Crippen molar-refractivity contribution in [2.75, 3.05) is 17.2 Å². The smallest absolute Gasteiger partial charge is 0.274 e. The zero-order valence-electron chi connectivity index (χ0n) is 12.2. The lowest BCUT2D eigenvalue weighted by molar-refractivity contribution is 0.102. The number of nitrogens with zero attached hydrogens (tertiary/aromatic N) is 1. The molecule has 0 aliphatic carbocycles. The van der Waals surface area contributed by atoms with Gasteiger partial charge >= 0.3 is 0 Å². The fourth-order valence-electron chi connectivity index (χ4n) is 1.85. The highest BCUT2D eigenvalue weighted by molar-refractivity contribution is 6.35. The van der Waals surface area contributed by atoms with Crippen LogP contribution in [0.25, 0.3) is 0 Å². The summed E-state index contributed by atoms with van der Waals surface area (Å²) in [6.07, 6.45) is 3.78. The monoisotopic (exact) mass is 337 g/mol. The van der Waals surface area contributed by atoms with E-state index < -0.39 is 0 Å². The summed E-state index contributed by atoms with van der Waals surface area (Å²) >= 11 is 11.9. The summed E-state index contributed by atoms with van der Waals surface area (Å²) in [7, 11) is 0. The van der Waals surface area contributed by atoms with Crippen LogP contribution in [0, 0.1) is 0 Å². The van der Waals surface area contributed by atoms with E-state index in [0.717, 1.165) is 25.1 Å². The highest BCUT2D eigenvalue weighted by Gasteiger charge is 2.11. The zero-order valence-corrected chi connectivity index (χ0v) is 13.7. The lowest BCUT2D eigenvalue weighted by Crippen LogP contribution is -2.14. The third-order valence-electron chi connectivity index (χ3n) is 3.03. The summed E-state index contributed by atoms with van der Waals surface area (Å²) in [6.45, 7) is 2.99. The Morgan fingerprint density at radius 1 is 1.23 bits per heavy atom. The van der Waals surface area contributed by atoms with Crippen LogP contribution in [-0.4, -0.2) is 17.4 Å². The number of hydrogen-bond acceptors (Lipinski definition) is 3. The van der Waals surface area contributed by atoms with E-state index in [1.54, 1.807) is 30.5 Å². The Labute approximate surface area is 139 Å². The van der Waals surface area contributed by atoms with E-state index in [2.05, 4.69) is 22.5 Å². The van der Waals surface area contributed by atoms with E-state index in [-0.39, 0.29) is 5.91 Å². The molecule has 2 N–H and O–H groups in total. The van der Waals surface area contributed by atoms with E-state index in [9.17, 15) is 4.79 Å². The van der Waals surface area contributed by atoms with E-state index in [1.807, 2.05) is 6.07 Å². The molecule has 2 aromatic rings. The van der Waals surface area contributed by atoms with Crippen molar-refractivity contribution in [2.45, 2.75) is 19.8 Å². The summed E-state index contributed by atoms with van der Waals surface area (Å²) in [5.41, 5.74) is 1.65. The largest absolute Gasteiger partial charge is 0.385 e. The van der Waals surface area contributed by atoms with Gasteiger partial charge in [-0.1, -0.05) is 36.5 Å². The third-order valence-corrected chi connectivity index (χ3v) is 3.59. The lowest BCUT2D eigenvalue weighted by atomic mass is 10.2. The molecule has 0 saturated carbocycles. The third kappa shape index (κ3) is 4.61. The van der Waals surface area contributed by atoms with Crippen molar-refractivity contribution < 1.29 is 4.79 Å². The minimum absolute atomic E-state index is 0.317. The number of benzene rings is 1. The number of unbranched alkanes of at least 4 members (excludes halogenated alkanes) is 1. The van der Waals surface area contributed by atoms with Crippen LogP contribution in [0.15, 0.2) is 36.5 Å². The number of anilines is 2. The van der Waals surface area contributed by atoms with Gasteiger partial charge < -0.3 is 10.6 Å². The second-order valence-corrected chi connectivity index (χ2v) is 5.63. The molecule has 1 heterocycles. The van der Waals surface area contributed by atoms with Gasteiger partial charge in [-0.3, -0.25) is 9.78 Å². The highest BCUT2D eigenvalue weighted by atomic mass is 35.5. The van der Waals surface area contributed by atoms with Gasteiger partial charge in [-0.05, 0) is 36.8 Å². The average Bonchev–Trinajstić information content (AvgIpc) is 2.51. The molecule has 0 radical (unpaired) electrons. The molecule has 0 aliphatic heterocycles. The van der Waals surface area contributed by atoms with Gasteiger partial charge in [-0.15, -0.1) is 0 Å². The van der Waals surface area contributed by atoms with Gasteiger partial charge in [0, 0.05) is 23.5 Å². The van der Waals surface area contributed by atoms with E-state index >= 15 is 0 Å². The van der Waals surface area contributed by atoms with Crippen molar-refractivity contribution >= 4 is 40.5 Å². The fraction of sp³-hybridized carbons (Fsp3) is 0.250. The summed E-state index contributed by atoms with van der Waals surface area (Å²) in [5, 5.41) is 6.90. The molecule has 1 aromatic carbocycles. The molecule has 0 fully saturated rings. The van der Waals surface area contributed by atoms with Crippen LogP contribution < -0.4 is 10.6 Å². The van der Waals surface area contributed by atoms with Gasteiger partial charge in [-0.25, -0.2) is 0 Å². The molecule has 0 saturated heterocycles. The maximum Gasteiger partial charge on any atom is 0.274 e. The van der Waals surface area contributed by atoms with Crippen molar-refractivity contribution in [1.29, 1.82) is 0 Å². The van der Waals surface area contributed by atoms with Crippen molar-refractivity contribution in [3.8, 4) is 0 Å². The fourth-order valence-corrected chi connectivity index (χ4v) is 2.19. The van der Waals surface area contributed by atoms with Crippen molar-refractivity contribution in [1.82, 2.24) is 4.98 Å². The predicted octanol–water partition coefficient (Wildman–Crippen LogP) is 4.85. The number of carbonyl (C=O) groups is 1. The molecule has 0 spiro atoms. The van der Waals surface area contributed by atoms with Gasteiger partial charge in [0.05, 0.1) is 10.7 Å². The number of aromatic nitrogens is 1. The molecule has 1 amide bonds. The first-order valence-electron chi connectivity index (χ1n) is 7.06. The van der Waals surface area contributed by atoms with Crippen LogP contribution in [0.3, 0.4) is 0 Å². The van der Waals surface area contributed by atoms with Crippen molar-refractivity contribution in [2.24, 2.45) is 0 Å². The molecular formula is C16H17Cl2N3O. The average molecular weight is 338 g/mol. The quantitative estimate of drug-likeness (QED) is 0.740. The highest BCUT2D eigenvalue weighted by Crippen LogP contribution is 2.25. The minimum atomic E-state index is -0.330. The second-order valence-electron chi connectivity index (χ2n) is 4.79. The molecule has 0 bridgehead atoms. The Morgan fingerprint density at radius 3 is 2.82 bits per heavy atom. The molecular weight excluding hydrogens is 321 g/mol. The number of halogens is 2. The van der Waals surface area contributed by atoms with Crippen LogP contribution in [-0.2, 0) is 0 Å². The molecule has 22 heavy (non-hydrogen) atoms. The number of carbonyl (C=O) groups excluding carboxylic acids is 1. The van der Waals surface area contributed by atoms with Crippen LogP contribution in [0.2, 0.25) is 10.0 Å². The van der Waals surface area contributed by atoms with Crippen LogP contribution in [0.1, 0.15) is 30.3 Å². The predicted molar refractivity (Wildman–Crippen MR) is 92.0 cm³/mol. The molecule has 6 heteroatoms. The molecule has 116 valence electrons. The van der Waals surface area contributed by atoms with Gasteiger partial charge in [0.25, 0.3) is 5.91 Å². The summed E-state index contributed by atoms with van der Waals surface area (Å²) in [6, 6.07) is 8.44. The Hall–Kier alpha value is -1.78. The Kier molecular flexibility index (Phi) is 6.04. The Bertz CT molecular complexity index is 662. The van der Waals surface area contributed by atoms with E-state index in [1.165, 1.54) is 0 Å². The molecule has 0 atom stereocenters. The van der Waals surface area contributed by atoms with Crippen LogP contribution in [0.5, 0.6) is 0 Å². The van der Waals surface area contributed by atoms with Crippen LogP contribution in [0.4, 0.5) is 11.4 Å². The first-order valence-corrected chi connectivity index (χ1v) is 7.82.